The lowest BCUT2D eigenvalue weighted by Crippen LogP contribution is -2.63. The fourth-order valence-electron chi connectivity index (χ4n) is 2.00. The zero-order valence-corrected chi connectivity index (χ0v) is 12.5. The summed E-state index contributed by atoms with van der Waals surface area (Å²) in [5.74, 6) is -0.556. The van der Waals surface area contributed by atoms with Crippen LogP contribution in [0.5, 0.6) is 0 Å². The van der Waals surface area contributed by atoms with E-state index in [4.69, 9.17) is 5.73 Å². The average Bonchev–Trinajstić information content (AvgIpc) is 2.29. The van der Waals surface area contributed by atoms with Gasteiger partial charge in [0.1, 0.15) is 0 Å². The maximum atomic E-state index is 11.9. The summed E-state index contributed by atoms with van der Waals surface area (Å²) < 4.78 is 0.903. The van der Waals surface area contributed by atoms with Gasteiger partial charge in [0.25, 0.3) is 0 Å². The van der Waals surface area contributed by atoms with Gasteiger partial charge in [0.15, 0.2) is 0 Å². The van der Waals surface area contributed by atoms with E-state index in [0.29, 0.717) is 12.2 Å². The van der Waals surface area contributed by atoms with Crippen LogP contribution in [0.2, 0.25) is 0 Å². The van der Waals surface area contributed by atoms with E-state index < -0.39 is 5.54 Å². The summed E-state index contributed by atoms with van der Waals surface area (Å²) in [6, 6.07) is 5.60. The molecule has 0 aromatic heterocycles. The van der Waals surface area contributed by atoms with Gasteiger partial charge >= 0.3 is 0 Å². The molecule has 102 valence electrons. The largest absolute Gasteiger partial charge is 0.398 e. The molecule has 5 nitrogen and oxygen atoms in total. The van der Waals surface area contributed by atoms with Crippen molar-refractivity contribution < 1.29 is 9.59 Å². The highest BCUT2D eigenvalue weighted by Crippen LogP contribution is 2.25. The van der Waals surface area contributed by atoms with Crippen LogP contribution in [0.1, 0.15) is 19.4 Å². The maximum Gasteiger partial charge on any atom is 0.246 e. The lowest BCUT2D eigenvalue weighted by atomic mass is 9.97. The van der Waals surface area contributed by atoms with Crippen LogP contribution in [0.25, 0.3) is 0 Å². The van der Waals surface area contributed by atoms with Gasteiger partial charge in [-0.05, 0) is 31.5 Å². The zero-order valence-electron chi connectivity index (χ0n) is 10.9. The van der Waals surface area contributed by atoms with Crippen molar-refractivity contribution >= 4 is 33.4 Å². The van der Waals surface area contributed by atoms with E-state index in [-0.39, 0.29) is 18.4 Å². The minimum Gasteiger partial charge on any atom is -0.398 e. The van der Waals surface area contributed by atoms with Crippen molar-refractivity contribution in [1.29, 1.82) is 0 Å². The number of amides is 2. The molecule has 1 aromatic rings. The second kappa shape index (κ2) is 4.94. The predicted octanol–water partition coefficient (Wildman–Crippen LogP) is 1.27. The number of nitrogens with zero attached hydrogens (tertiary/aromatic N) is 1. The molecule has 0 atom stereocenters. The van der Waals surface area contributed by atoms with Crippen molar-refractivity contribution in [3.8, 4) is 0 Å². The zero-order chi connectivity index (χ0) is 14.2. The number of hydrogen-bond donors (Lipinski definition) is 2. The molecule has 1 aromatic carbocycles. The minimum atomic E-state index is -0.729. The molecule has 0 unspecified atom stereocenters. The molecule has 1 aliphatic rings. The smallest absolute Gasteiger partial charge is 0.246 e. The van der Waals surface area contributed by atoms with Gasteiger partial charge in [0.2, 0.25) is 11.8 Å². The molecule has 0 spiro atoms. The molecule has 2 amide bonds. The first-order valence-electron chi connectivity index (χ1n) is 5.94. The molecule has 0 saturated carbocycles. The number of rotatable bonds is 2. The second-order valence-corrected chi connectivity index (χ2v) is 6.05. The van der Waals surface area contributed by atoms with Crippen LogP contribution in [-0.2, 0) is 16.1 Å². The molecular weight excluding hydrogens is 310 g/mol. The molecule has 1 fully saturated rings. The third-order valence-corrected chi connectivity index (χ3v) is 3.90. The highest BCUT2D eigenvalue weighted by atomic mass is 79.9. The van der Waals surface area contributed by atoms with Gasteiger partial charge in [-0.1, -0.05) is 22.0 Å². The number of piperazine rings is 1. The Bertz CT molecular complexity index is 543. The first-order valence-corrected chi connectivity index (χ1v) is 6.73. The van der Waals surface area contributed by atoms with Gasteiger partial charge in [0.05, 0.1) is 12.1 Å². The van der Waals surface area contributed by atoms with Gasteiger partial charge in [-0.2, -0.15) is 0 Å². The molecule has 1 saturated heterocycles. The molecule has 3 N–H and O–H groups in total. The second-order valence-electron chi connectivity index (χ2n) is 5.14. The number of carbonyl (C=O) groups is 2. The standard InChI is InChI=1S/C13H16BrN3O2/c1-13(2)12(19)16-11(18)7-17(13)6-8-3-4-9(14)5-10(8)15/h3-5H,6-7,15H2,1-2H3,(H,16,18,19). The molecule has 0 bridgehead atoms. The summed E-state index contributed by atoms with van der Waals surface area (Å²) in [5.41, 5.74) is 6.77. The molecule has 6 heteroatoms. The van der Waals surface area contributed by atoms with Crippen LogP contribution in [-0.4, -0.2) is 28.8 Å². The lowest BCUT2D eigenvalue weighted by molar-refractivity contribution is -0.145. The van der Waals surface area contributed by atoms with Gasteiger partial charge in [-0.3, -0.25) is 19.8 Å². The molecule has 0 radical (unpaired) electrons. The van der Waals surface area contributed by atoms with Crippen molar-refractivity contribution in [1.82, 2.24) is 10.2 Å². The Morgan fingerprint density at radius 3 is 2.74 bits per heavy atom. The van der Waals surface area contributed by atoms with E-state index >= 15 is 0 Å². The SMILES string of the molecule is CC1(C)C(=O)NC(=O)CN1Cc1ccc(Br)cc1N. The Hall–Kier alpha value is -1.40. The first kappa shape index (κ1) is 14.0. The number of benzene rings is 1. The highest BCUT2D eigenvalue weighted by molar-refractivity contribution is 9.10. The Morgan fingerprint density at radius 1 is 1.42 bits per heavy atom. The van der Waals surface area contributed by atoms with E-state index in [0.717, 1.165) is 10.0 Å². The van der Waals surface area contributed by atoms with Gasteiger partial charge in [0, 0.05) is 16.7 Å². The number of carbonyl (C=O) groups excluding carboxylic acids is 2. The van der Waals surface area contributed by atoms with Crippen molar-refractivity contribution in [2.24, 2.45) is 0 Å². The normalized spacial score (nSPS) is 19.3. The topological polar surface area (TPSA) is 75.4 Å². The number of anilines is 1. The summed E-state index contributed by atoms with van der Waals surface area (Å²) in [6.45, 7) is 4.24. The molecule has 2 rings (SSSR count). The van der Waals surface area contributed by atoms with E-state index in [2.05, 4.69) is 21.2 Å². The molecule has 19 heavy (non-hydrogen) atoms. The van der Waals surface area contributed by atoms with Crippen LogP contribution in [0.4, 0.5) is 5.69 Å². The molecular formula is C13H16BrN3O2. The summed E-state index contributed by atoms with van der Waals surface area (Å²) in [7, 11) is 0. The fraction of sp³-hybridized carbons (Fsp3) is 0.385. The van der Waals surface area contributed by atoms with Crippen molar-refractivity contribution in [3.63, 3.8) is 0 Å². The Morgan fingerprint density at radius 2 is 2.11 bits per heavy atom. The average molecular weight is 326 g/mol. The van der Waals surface area contributed by atoms with Crippen LogP contribution in [0.3, 0.4) is 0 Å². The minimum absolute atomic E-state index is 0.189. The third kappa shape index (κ3) is 2.79. The van der Waals surface area contributed by atoms with Crippen LogP contribution in [0.15, 0.2) is 22.7 Å². The number of halogens is 1. The molecule has 1 heterocycles. The number of nitrogen functional groups attached to an aromatic ring is 1. The Labute approximate surface area is 120 Å². The fourth-order valence-corrected chi connectivity index (χ4v) is 2.38. The monoisotopic (exact) mass is 325 g/mol. The van der Waals surface area contributed by atoms with E-state index in [1.54, 1.807) is 13.8 Å². The quantitative estimate of drug-likeness (QED) is 0.634. The van der Waals surface area contributed by atoms with Crippen LogP contribution >= 0.6 is 15.9 Å². The number of nitrogens with one attached hydrogen (secondary N) is 1. The van der Waals surface area contributed by atoms with Crippen LogP contribution < -0.4 is 11.1 Å². The van der Waals surface area contributed by atoms with Crippen molar-refractivity contribution in [3.05, 3.63) is 28.2 Å². The number of imide groups is 1. The summed E-state index contributed by atoms with van der Waals surface area (Å²) in [5, 5.41) is 2.35. The van der Waals surface area contributed by atoms with Gasteiger partial charge < -0.3 is 5.73 Å². The van der Waals surface area contributed by atoms with E-state index in [9.17, 15) is 9.59 Å². The van der Waals surface area contributed by atoms with Gasteiger partial charge in [-0.25, -0.2) is 0 Å². The van der Waals surface area contributed by atoms with Gasteiger partial charge in [-0.15, -0.1) is 0 Å². The summed E-state index contributed by atoms with van der Waals surface area (Å²) in [4.78, 5) is 25.2. The number of hydrogen-bond acceptors (Lipinski definition) is 4. The first-order chi connectivity index (χ1) is 8.80. The van der Waals surface area contributed by atoms with Crippen LogP contribution in [0, 0.1) is 0 Å². The summed E-state index contributed by atoms with van der Waals surface area (Å²) in [6.07, 6.45) is 0. The van der Waals surface area contributed by atoms with E-state index in [1.807, 2.05) is 23.1 Å². The summed E-state index contributed by atoms with van der Waals surface area (Å²) >= 11 is 3.35. The third-order valence-electron chi connectivity index (χ3n) is 3.40. The highest BCUT2D eigenvalue weighted by Gasteiger charge is 2.40. The Kier molecular flexibility index (Phi) is 3.64. The van der Waals surface area contributed by atoms with Crippen molar-refractivity contribution in [2.45, 2.75) is 25.9 Å². The lowest BCUT2D eigenvalue weighted by Gasteiger charge is -2.40. The maximum absolute atomic E-state index is 11.9. The Balaban J connectivity index is 2.25. The van der Waals surface area contributed by atoms with Crippen molar-refractivity contribution in [2.75, 3.05) is 12.3 Å². The number of nitrogens with two attached hydrogens (primary N) is 1. The predicted molar refractivity (Wildman–Crippen MR) is 76.2 cm³/mol. The van der Waals surface area contributed by atoms with E-state index in [1.165, 1.54) is 0 Å². The molecule has 0 aliphatic carbocycles. The molecule has 1 aliphatic heterocycles.